The highest BCUT2D eigenvalue weighted by molar-refractivity contribution is 7.89. The Morgan fingerprint density at radius 3 is 1.86 bits per heavy atom. The molecule has 196 valence electrons. The van der Waals surface area contributed by atoms with Gasteiger partial charge in [-0.25, -0.2) is 12.7 Å². The lowest BCUT2D eigenvalue weighted by molar-refractivity contribution is -0.143. The van der Waals surface area contributed by atoms with E-state index in [0.717, 1.165) is 0 Å². The molecule has 3 aromatic carbocycles. The number of amides is 1. The zero-order valence-electron chi connectivity index (χ0n) is 19.5. The Hall–Kier alpha value is -3.54. The Morgan fingerprint density at radius 2 is 1.38 bits per heavy atom. The van der Waals surface area contributed by atoms with Crippen LogP contribution in [0.2, 0.25) is 0 Å². The van der Waals surface area contributed by atoms with Gasteiger partial charge >= 0.3 is 12.4 Å². The lowest BCUT2D eigenvalue weighted by atomic mass is 9.93. The van der Waals surface area contributed by atoms with Gasteiger partial charge in [0, 0.05) is 5.56 Å². The van der Waals surface area contributed by atoms with Crippen molar-refractivity contribution in [1.29, 1.82) is 0 Å². The molecule has 5 nitrogen and oxygen atoms in total. The summed E-state index contributed by atoms with van der Waals surface area (Å²) in [6.45, 7) is 3.13. The lowest BCUT2D eigenvalue weighted by Gasteiger charge is -2.26. The smallest absolute Gasteiger partial charge is 0.416 e. The zero-order valence-corrected chi connectivity index (χ0v) is 20.3. The van der Waals surface area contributed by atoms with Crippen molar-refractivity contribution in [3.63, 3.8) is 0 Å². The van der Waals surface area contributed by atoms with Crippen LogP contribution in [0.15, 0.2) is 59.5 Å². The highest BCUT2D eigenvalue weighted by Crippen LogP contribution is 2.47. The van der Waals surface area contributed by atoms with Crippen molar-refractivity contribution in [1.82, 2.24) is 4.31 Å². The number of methoxy groups -OCH3 is 1. The third kappa shape index (κ3) is 4.54. The van der Waals surface area contributed by atoms with Crippen molar-refractivity contribution < 1.29 is 44.3 Å². The number of fused-ring (bicyclic) bond motifs is 1. The first kappa shape index (κ1) is 26.5. The summed E-state index contributed by atoms with van der Waals surface area (Å²) in [7, 11) is -3.42. The maximum atomic E-state index is 13.7. The highest BCUT2D eigenvalue weighted by atomic mass is 32.2. The van der Waals surface area contributed by atoms with Gasteiger partial charge in [0.05, 0.1) is 34.7 Å². The van der Waals surface area contributed by atoms with Crippen molar-refractivity contribution >= 4 is 15.9 Å². The largest absolute Gasteiger partial charge is 0.496 e. The van der Waals surface area contributed by atoms with Gasteiger partial charge < -0.3 is 4.74 Å². The number of sulfonamides is 1. The number of hydrogen-bond donors (Lipinski definition) is 0. The molecule has 0 saturated heterocycles. The van der Waals surface area contributed by atoms with E-state index in [9.17, 15) is 39.6 Å². The minimum absolute atomic E-state index is 0.0563. The number of halogens is 6. The average molecular weight is 543 g/mol. The topological polar surface area (TPSA) is 63.7 Å². The first-order chi connectivity index (χ1) is 17.1. The summed E-state index contributed by atoms with van der Waals surface area (Å²) in [5.41, 5.74) is -3.27. The van der Waals surface area contributed by atoms with Crippen molar-refractivity contribution in [2.45, 2.75) is 37.1 Å². The number of carbonyl (C=O) groups is 1. The van der Waals surface area contributed by atoms with E-state index in [2.05, 4.69) is 0 Å². The van der Waals surface area contributed by atoms with Gasteiger partial charge in [-0.15, -0.1) is 0 Å². The van der Waals surface area contributed by atoms with E-state index < -0.39 is 51.0 Å². The molecule has 12 heteroatoms. The fraction of sp³-hybridized carbons (Fsp3) is 0.240. The van der Waals surface area contributed by atoms with E-state index in [1.165, 1.54) is 50.4 Å². The Balaban J connectivity index is 2.05. The highest BCUT2D eigenvalue weighted by Gasteiger charge is 2.48. The molecule has 1 amide bonds. The van der Waals surface area contributed by atoms with Crippen LogP contribution in [-0.2, 0) is 22.4 Å². The number of carbonyl (C=O) groups excluding carboxylic acids is 1. The van der Waals surface area contributed by atoms with Crippen LogP contribution in [0.5, 0.6) is 5.75 Å². The Morgan fingerprint density at radius 1 is 0.838 bits per heavy atom. The summed E-state index contributed by atoms with van der Waals surface area (Å²) in [5.74, 6) is -0.900. The minimum atomic E-state index is -5.17. The molecule has 0 aromatic heterocycles. The molecule has 37 heavy (non-hydrogen) atoms. The summed E-state index contributed by atoms with van der Waals surface area (Å²) in [4.78, 5) is 13.2. The second kappa shape index (κ2) is 8.79. The van der Waals surface area contributed by atoms with Gasteiger partial charge in [-0.2, -0.15) is 26.3 Å². The maximum Gasteiger partial charge on any atom is 0.416 e. The first-order valence-corrected chi connectivity index (χ1v) is 12.1. The van der Waals surface area contributed by atoms with Crippen LogP contribution in [-0.4, -0.2) is 25.7 Å². The maximum absolute atomic E-state index is 13.7. The van der Waals surface area contributed by atoms with E-state index >= 15 is 0 Å². The predicted molar refractivity (Wildman–Crippen MR) is 121 cm³/mol. The Labute approximate surface area is 208 Å². The SMILES string of the molecule is COc1ccc2c(c1C)C(=O)N(S(=O)(=O)c1ccc(C)cc1)C2c1cc(C(F)(F)F)cc(C(F)(F)F)c1. The molecule has 1 aliphatic rings. The Bertz CT molecular complexity index is 1460. The molecule has 0 bridgehead atoms. The summed E-state index contributed by atoms with van der Waals surface area (Å²) >= 11 is 0. The number of benzene rings is 3. The second-order valence-electron chi connectivity index (χ2n) is 8.52. The normalized spacial score (nSPS) is 16.2. The molecular formula is C25H19F6NO4S. The summed E-state index contributed by atoms with van der Waals surface area (Å²) < 4.78 is 115. The molecule has 1 aliphatic heterocycles. The van der Waals surface area contributed by atoms with Crippen LogP contribution in [0.3, 0.4) is 0 Å². The molecule has 0 N–H and O–H groups in total. The average Bonchev–Trinajstić information content (AvgIpc) is 3.12. The monoisotopic (exact) mass is 543 g/mol. The minimum Gasteiger partial charge on any atom is -0.496 e. The van der Waals surface area contributed by atoms with Gasteiger partial charge in [-0.3, -0.25) is 4.79 Å². The van der Waals surface area contributed by atoms with Gasteiger partial charge in [0.2, 0.25) is 0 Å². The molecule has 0 fully saturated rings. The first-order valence-electron chi connectivity index (χ1n) is 10.7. The zero-order chi connectivity index (χ0) is 27.5. The van der Waals surface area contributed by atoms with Crippen LogP contribution in [0.1, 0.15) is 49.8 Å². The van der Waals surface area contributed by atoms with Crippen molar-refractivity contribution in [3.05, 3.63) is 93.5 Å². The lowest BCUT2D eigenvalue weighted by Crippen LogP contribution is -2.35. The van der Waals surface area contributed by atoms with Gasteiger partial charge in [0.15, 0.2) is 0 Å². The van der Waals surface area contributed by atoms with Gasteiger partial charge in [0.25, 0.3) is 15.9 Å². The summed E-state index contributed by atoms with van der Waals surface area (Å²) in [6, 6.07) is 6.97. The van der Waals surface area contributed by atoms with E-state index in [1.807, 2.05) is 0 Å². The van der Waals surface area contributed by atoms with Gasteiger partial charge in [-0.05, 0) is 61.4 Å². The van der Waals surface area contributed by atoms with Crippen LogP contribution in [0.4, 0.5) is 26.3 Å². The van der Waals surface area contributed by atoms with E-state index in [-0.39, 0.29) is 33.4 Å². The number of alkyl halides is 6. The molecular weight excluding hydrogens is 524 g/mol. The number of nitrogens with zero attached hydrogens (tertiary/aromatic N) is 1. The molecule has 0 aliphatic carbocycles. The number of ether oxygens (including phenoxy) is 1. The van der Waals surface area contributed by atoms with E-state index in [0.29, 0.717) is 22.0 Å². The number of hydrogen-bond acceptors (Lipinski definition) is 4. The molecule has 1 atom stereocenters. The molecule has 0 spiro atoms. The van der Waals surface area contributed by atoms with Crippen molar-refractivity contribution in [2.24, 2.45) is 0 Å². The molecule has 0 radical (unpaired) electrons. The standard InChI is InChI=1S/C25H19F6NO4S/c1-13-4-6-18(7-5-13)37(34,35)32-22(19-8-9-20(36-3)14(2)21(19)23(32)33)15-10-16(24(26,27)28)12-17(11-15)25(29,30)31/h4-12,22H,1-3H3. The van der Waals surface area contributed by atoms with E-state index in [1.54, 1.807) is 6.92 Å². The fourth-order valence-corrected chi connectivity index (χ4v) is 5.85. The van der Waals surface area contributed by atoms with Gasteiger partial charge in [0.1, 0.15) is 5.75 Å². The number of aryl methyl sites for hydroxylation is 1. The molecule has 3 aromatic rings. The summed E-state index contributed by atoms with van der Waals surface area (Å²) in [6.07, 6.45) is -10.3. The number of rotatable bonds is 4. The molecule has 0 saturated carbocycles. The van der Waals surface area contributed by atoms with E-state index in [4.69, 9.17) is 4.74 Å². The molecule has 1 unspecified atom stereocenters. The van der Waals surface area contributed by atoms with Crippen LogP contribution in [0, 0.1) is 13.8 Å². The van der Waals surface area contributed by atoms with Crippen molar-refractivity contribution in [3.8, 4) is 5.75 Å². The molecule has 4 rings (SSSR count). The quantitative estimate of drug-likeness (QED) is 0.363. The molecule has 1 heterocycles. The fourth-order valence-electron chi connectivity index (χ4n) is 4.32. The third-order valence-electron chi connectivity index (χ3n) is 6.11. The Kier molecular flexibility index (Phi) is 6.30. The third-order valence-corrected chi connectivity index (χ3v) is 7.88. The van der Waals surface area contributed by atoms with Crippen LogP contribution >= 0.6 is 0 Å². The summed E-state index contributed by atoms with van der Waals surface area (Å²) in [5, 5.41) is 0. The predicted octanol–water partition coefficient (Wildman–Crippen LogP) is 6.28. The van der Waals surface area contributed by atoms with Gasteiger partial charge in [-0.1, -0.05) is 23.8 Å². The van der Waals surface area contributed by atoms with Crippen molar-refractivity contribution in [2.75, 3.05) is 7.11 Å². The second-order valence-corrected chi connectivity index (χ2v) is 10.3. The van der Waals surface area contributed by atoms with Crippen LogP contribution in [0.25, 0.3) is 0 Å². The van der Waals surface area contributed by atoms with Crippen LogP contribution < -0.4 is 4.74 Å².